The Kier molecular flexibility index (Phi) is 4.50. The molecule has 1 aliphatic rings. The van der Waals surface area contributed by atoms with Gasteiger partial charge in [0.2, 0.25) is 0 Å². The minimum atomic E-state index is 0.572. The van der Waals surface area contributed by atoms with Crippen LogP contribution in [0.2, 0.25) is 0 Å². The number of alkyl halides is 1. The van der Waals surface area contributed by atoms with E-state index in [4.69, 9.17) is 16.6 Å². The van der Waals surface area contributed by atoms with Crippen LogP contribution in [0.5, 0.6) is 0 Å². The number of hydrogen-bond acceptors (Lipinski definition) is 2. The summed E-state index contributed by atoms with van der Waals surface area (Å²) in [5.74, 6) is 3.25. The molecule has 2 nitrogen and oxygen atoms in total. The summed E-state index contributed by atoms with van der Waals surface area (Å²) in [6, 6.07) is 4.27. The number of halogens is 1. The smallest absolute Gasteiger partial charge is 0.129 e. The van der Waals surface area contributed by atoms with Crippen molar-refractivity contribution in [3.05, 3.63) is 23.4 Å². The molecule has 1 aromatic heterocycles. The monoisotopic (exact) mass is 266 g/mol. The van der Waals surface area contributed by atoms with Crippen LogP contribution in [-0.2, 0) is 12.3 Å². The van der Waals surface area contributed by atoms with Gasteiger partial charge in [-0.25, -0.2) is 4.98 Å². The first-order chi connectivity index (χ1) is 8.63. The standard InChI is InChI=1S/C15H23ClN2/c1-4-14-7-13(9-16)8-15(17-14)18-6-5-11(2)12(3)10-18/h7-8,11-12H,4-6,9-10H2,1-3H3. The topological polar surface area (TPSA) is 16.1 Å². The van der Waals surface area contributed by atoms with Crippen molar-refractivity contribution in [3.63, 3.8) is 0 Å². The van der Waals surface area contributed by atoms with E-state index in [1.165, 1.54) is 12.0 Å². The first kappa shape index (κ1) is 13.7. The van der Waals surface area contributed by atoms with E-state index in [9.17, 15) is 0 Å². The number of pyridine rings is 1. The number of aryl methyl sites for hydroxylation is 1. The zero-order valence-electron chi connectivity index (χ0n) is 11.6. The number of rotatable bonds is 3. The lowest BCUT2D eigenvalue weighted by atomic mass is 9.89. The van der Waals surface area contributed by atoms with Crippen LogP contribution in [0.25, 0.3) is 0 Å². The molecular weight excluding hydrogens is 244 g/mol. The van der Waals surface area contributed by atoms with Crippen molar-refractivity contribution >= 4 is 17.4 Å². The molecule has 0 spiro atoms. The van der Waals surface area contributed by atoms with Crippen molar-refractivity contribution in [2.45, 2.75) is 39.5 Å². The fraction of sp³-hybridized carbons (Fsp3) is 0.667. The maximum absolute atomic E-state index is 5.97. The minimum Gasteiger partial charge on any atom is -0.356 e. The quantitative estimate of drug-likeness (QED) is 0.773. The van der Waals surface area contributed by atoms with Gasteiger partial charge in [0.05, 0.1) is 0 Å². The van der Waals surface area contributed by atoms with Crippen molar-refractivity contribution < 1.29 is 0 Å². The average molecular weight is 267 g/mol. The van der Waals surface area contributed by atoms with Gasteiger partial charge in [0.15, 0.2) is 0 Å². The number of piperidine rings is 1. The van der Waals surface area contributed by atoms with E-state index < -0.39 is 0 Å². The third-order valence-electron chi connectivity index (χ3n) is 4.10. The molecule has 0 radical (unpaired) electrons. The lowest BCUT2D eigenvalue weighted by Crippen LogP contribution is -2.39. The van der Waals surface area contributed by atoms with Crippen molar-refractivity contribution in [2.75, 3.05) is 18.0 Å². The predicted octanol–water partition coefficient (Wildman–Crippen LogP) is 3.87. The third kappa shape index (κ3) is 2.97. The third-order valence-corrected chi connectivity index (χ3v) is 4.41. The Balaban J connectivity index is 2.22. The Hall–Kier alpha value is -0.760. The van der Waals surface area contributed by atoms with E-state index in [-0.39, 0.29) is 0 Å². The van der Waals surface area contributed by atoms with Gasteiger partial charge in [-0.3, -0.25) is 0 Å². The van der Waals surface area contributed by atoms with E-state index in [0.717, 1.165) is 42.9 Å². The van der Waals surface area contributed by atoms with Crippen molar-refractivity contribution in [3.8, 4) is 0 Å². The van der Waals surface area contributed by atoms with Gasteiger partial charge >= 0.3 is 0 Å². The number of nitrogens with zero attached hydrogens (tertiary/aromatic N) is 2. The molecule has 1 fully saturated rings. The molecule has 0 saturated carbocycles. The highest BCUT2D eigenvalue weighted by molar-refractivity contribution is 6.17. The van der Waals surface area contributed by atoms with E-state index in [1.807, 2.05) is 0 Å². The van der Waals surface area contributed by atoms with Crippen molar-refractivity contribution in [1.82, 2.24) is 4.98 Å². The van der Waals surface area contributed by atoms with Gasteiger partial charge < -0.3 is 4.90 Å². The van der Waals surface area contributed by atoms with Crippen molar-refractivity contribution in [2.24, 2.45) is 11.8 Å². The number of anilines is 1. The summed E-state index contributed by atoms with van der Waals surface area (Å²) in [5.41, 5.74) is 2.33. The van der Waals surface area contributed by atoms with Gasteiger partial charge in [-0.2, -0.15) is 0 Å². The summed E-state index contributed by atoms with van der Waals surface area (Å²) >= 11 is 5.97. The van der Waals surface area contributed by atoms with Crippen LogP contribution in [-0.4, -0.2) is 18.1 Å². The van der Waals surface area contributed by atoms with Gasteiger partial charge in [0.25, 0.3) is 0 Å². The van der Waals surface area contributed by atoms with Crippen LogP contribution in [0.4, 0.5) is 5.82 Å². The van der Waals surface area contributed by atoms with E-state index in [2.05, 4.69) is 37.8 Å². The number of hydrogen-bond donors (Lipinski definition) is 0. The highest BCUT2D eigenvalue weighted by Gasteiger charge is 2.23. The Morgan fingerprint density at radius 1 is 1.33 bits per heavy atom. The van der Waals surface area contributed by atoms with Crippen LogP contribution in [0.1, 0.15) is 38.4 Å². The average Bonchev–Trinajstić information content (AvgIpc) is 2.41. The highest BCUT2D eigenvalue weighted by atomic mass is 35.5. The molecule has 2 rings (SSSR count). The Bertz CT molecular complexity index is 383. The summed E-state index contributed by atoms with van der Waals surface area (Å²) in [5, 5.41) is 0. The second-order valence-electron chi connectivity index (χ2n) is 5.50. The minimum absolute atomic E-state index is 0.572. The SMILES string of the molecule is CCc1cc(CCl)cc(N2CCC(C)C(C)C2)n1. The molecule has 2 heterocycles. The number of aromatic nitrogens is 1. The molecule has 3 heteroatoms. The molecule has 0 amide bonds. The Morgan fingerprint density at radius 3 is 2.72 bits per heavy atom. The summed E-state index contributed by atoms with van der Waals surface area (Å²) in [6.45, 7) is 9.06. The van der Waals surface area contributed by atoms with Gasteiger partial charge in [0, 0.05) is 24.7 Å². The molecule has 1 aromatic rings. The lowest BCUT2D eigenvalue weighted by Gasteiger charge is -2.36. The molecule has 1 aliphatic heterocycles. The first-order valence-corrected chi connectivity index (χ1v) is 7.48. The van der Waals surface area contributed by atoms with Crippen LogP contribution in [0.3, 0.4) is 0 Å². The van der Waals surface area contributed by atoms with Crippen molar-refractivity contribution in [1.29, 1.82) is 0 Å². The Morgan fingerprint density at radius 2 is 2.11 bits per heavy atom. The fourth-order valence-electron chi connectivity index (χ4n) is 2.52. The zero-order chi connectivity index (χ0) is 13.1. The van der Waals surface area contributed by atoms with Gasteiger partial charge in [-0.15, -0.1) is 11.6 Å². The summed E-state index contributed by atoms with van der Waals surface area (Å²) in [6.07, 6.45) is 2.23. The molecule has 100 valence electrons. The van der Waals surface area contributed by atoms with E-state index >= 15 is 0 Å². The molecule has 1 saturated heterocycles. The van der Waals surface area contributed by atoms with Gasteiger partial charge in [-0.1, -0.05) is 20.8 Å². The van der Waals surface area contributed by atoms with Gasteiger partial charge in [0.1, 0.15) is 5.82 Å². The summed E-state index contributed by atoms with van der Waals surface area (Å²) in [7, 11) is 0. The molecule has 0 aliphatic carbocycles. The summed E-state index contributed by atoms with van der Waals surface area (Å²) < 4.78 is 0. The Labute approximate surface area is 115 Å². The molecular formula is C15H23ClN2. The molecule has 2 atom stereocenters. The predicted molar refractivity (Wildman–Crippen MR) is 78.3 cm³/mol. The van der Waals surface area contributed by atoms with E-state index in [0.29, 0.717) is 5.88 Å². The fourth-order valence-corrected chi connectivity index (χ4v) is 2.68. The molecule has 18 heavy (non-hydrogen) atoms. The second-order valence-corrected chi connectivity index (χ2v) is 5.77. The van der Waals surface area contributed by atoms with Gasteiger partial charge in [-0.05, 0) is 42.4 Å². The first-order valence-electron chi connectivity index (χ1n) is 6.94. The molecule has 0 bridgehead atoms. The van der Waals surface area contributed by atoms with Crippen LogP contribution in [0.15, 0.2) is 12.1 Å². The lowest BCUT2D eigenvalue weighted by molar-refractivity contribution is 0.322. The van der Waals surface area contributed by atoms with Crippen LogP contribution >= 0.6 is 11.6 Å². The molecule has 0 aromatic carbocycles. The second kappa shape index (κ2) is 5.92. The molecule has 0 N–H and O–H groups in total. The maximum Gasteiger partial charge on any atom is 0.129 e. The maximum atomic E-state index is 5.97. The van der Waals surface area contributed by atoms with E-state index in [1.54, 1.807) is 0 Å². The largest absolute Gasteiger partial charge is 0.356 e. The summed E-state index contributed by atoms with van der Waals surface area (Å²) in [4.78, 5) is 7.17. The van der Waals surface area contributed by atoms with Crippen LogP contribution in [0, 0.1) is 11.8 Å². The molecule has 2 unspecified atom stereocenters. The normalized spacial score (nSPS) is 24.3. The zero-order valence-corrected chi connectivity index (χ0v) is 12.4. The highest BCUT2D eigenvalue weighted by Crippen LogP contribution is 2.27. The van der Waals surface area contributed by atoms with Crippen LogP contribution < -0.4 is 4.90 Å².